The molecule has 0 aliphatic carbocycles. The van der Waals surface area contributed by atoms with Crippen molar-refractivity contribution in [3.05, 3.63) is 18.3 Å². The van der Waals surface area contributed by atoms with Crippen LogP contribution >= 0.6 is 0 Å². The van der Waals surface area contributed by atoms with Crippen molar-refractivity contribution in [2.75, 3.05) is 36.5 Å². The molecule has 0 spiro atoms. The molecule has 0 atom stereocenters. The van der Waals surface area contributed by atoms with Gasteiger partial charge in [0.2, 0.25) is 5.91 Å². The number of ether oxygens (including phenoxy) is 1. The molecule has 0 aromatic carbocycles. The number of rotatable bonds is 3. The number of aromatic nitrogens is 1. The van der Waals surface area contributed by atoms with E-state index in [0.29, 0.717) is 19.0 Å². The second-order valence-electron chi connectivity index (χ2n) is 6.18. The number of nitrogens with zero attached hydrogens (tertiary/aromatic N) is 2. The van der Waals surface area contributed by atoms with Crippen molar-refractivity contribution < 1.29 is 9.53 Å². The van der Waals surface area contributed by atoms with Crippen molar-refractivity contribution >= 4 is 17.4 Å². The Kier molecular flexibility index (Phi) is 5.27. The standard InChI is InChI=1S/C17H25N3O2/c21-17(14-7-11-22-12-8-14)19-16-6-5-15(13-18-16)20-9-3-1-2-4-10-20/h5-6,13-14H,1-4,7-12H2,(H,18,19,21). The quantitative estimate of drug-likeness (QED) is 0.933. The van der Waals surface area contributed by atoms with Gasteiger partial charge in [0.15, 0.2) is 0 Å². The Labute approximate surface area is 132 Å². The predicted octanol–water partition coefficient (Wildman–Crippen LogP) is 2.83. The summed E-state index contributed by atoms with van der Waals surface area (Å²) in [5, 5.41) is 2.93. The summed E-state index contributed by atoms with van der Waals surface area (Å²) < 4.78 is 5.29. The van der Waals surface area contributed by atoms with Crippen molar-refractivity contribution in [3.8, 4) is 0 Å². The van der Waals surface area contributed by atoms with Crippen molar-refractivity contribution in [2.45, 2.75) is 38.5 Å². The highest BCUT2D eigenvalue weighted by Gasteiger charge is 2.21. The minimum atomic E-state index is 0.0563. The molecule has 5 heteroatoms. The molecule has 120 valence electrons. The van der Waals surface area contributed by atoms with E-state index in [1.165, 1.54) is 25.7 Å². The van der Waals surface area contributed by atoms with Crippen LogP contribution in [0.3, 0.4) is 0 Å². The Morgan fingerprint density at radius 1 is 1.14 bits per heavy atom. The Morgan fingerprint density at radius 2 is 1.86 bits per heavy atom. The molecule has 2 aliphatic heterocycles. The Hall–Kier alpha value is -1.62. The molecule has 5 nitrogen and oxygen atoms in total. The van der Waals surface area contributed by atoms with E-state index >= 15 is 0 Å². The van der Waals surface area contributed by atoms with Gasteiger partial charge in [0, 0.05) is 32.2 Å². The van der Waals surface area contributed by atoms with Crippen LogP contribution in [-0.2, 0) is 9.53 Å². The van der Waals surface area contributed by atoms with E-state index in [-0.39, 0.29) is 11.8 Å². The molecule has 2 saturated heterocycles. The number of hydrogen-bond donors (Lipinski definition) is 1. The fourth-order valence-electron chi connectivity index (χ4n) is 3.16. The first-order valence-electron chi connectivity index (χ1n) is 8.42. The summed E-state index contributed by atoms with van der Waals surface area (Å²) in [6.45, 7) is 3.57. The maximum absolute atomic E-state index is 12.2. The average molecular weight is 303 g/mol. The number of amides is 1. The molecular weight excluding hydrogens is 278 g/mol. The number of nitrogens with one attached hydrogen (secondary N) is 1. The smallest absolute Gasteiger partial charge is 0.228 e. The van der Waals surface area contributed by atoms with Gasteiger partial charge in [-0.05, 0) is 37.8 Å². The van der Waals surface area contributed by atoms with Crippen LogP contribution in [0.5, 0.6) is 0 Å². The molecule has 0 radical (unpaired) electrons. The molecule has 22 heavy (non-hydrogen) atoms. The van der Waals surface area contributed by atoms with Crippen LogP contribution in [0.4, 0.5) is 11.5 Å². The van der Waals surface area contributed by atoms with E-state index in [1.807, 2.05) is 12.3 Å². The van der Waals surface area contributed by atoms with Gasteiger partial charge in [-0.3, -0.25) is 4.79 Å². The molecule has 1 aromatic rings. The molecule has 0 bridgehead atoms. The first-order valence-corrected chi connectivity index (χ1v) is 8.42. The van der Waals surface area contributed by atoms with Crippen LogP contribution in [0.2, 0.25) is 0 Å². The van der Waals surface area contributed by atoms with Crippen molar-refractivity contribution in [2.24, 2.45) is 5.92 Å². The van der Waals surface area contributed by atoms with Crippen LogP contribution < -0.4 is 10.2 Å². The van der Waals surface area contributed by atoms with Gasteiger partial charge >= 0.3 is 0 Å². The van der Waals surface area contributed by atoms with Gasteiger partial charge in [0.05, 0.1) is 11.9 Å². The summed E-state index contributed by atoms with van der Waals surface area (Å²) in [5.41, 5.74) is 1.16. The molecule has 2 aliphatic rings. The number of hydrogen-bond acceptors (Lipinski definition) is 4. The molecule has 0 unspecified atom stereocenters. The second-order valence-corrected chi connectivity index (χ2v) is 6.18. The molecule has 1 N–H and O–H groups in total. The fourth-order valence-corrected chi connectivity index (χ4v) is 3.16. The van der Waals surface area contributed by atoms with Crippen molar-refractivity contribution in [3.63, 3.8) is 0 Å². The Balaban J connectivity index is 1.57. The number of carbonyl (C=O) groups is 1. The van der Waals surface area contributed by atoms with Gasteiger partial charge in [-0.25, -0.2) is 4.98 Å². The monoisotopic (exact) mass is 303 g/mol. The maximum atomic E-state index is 12.2. The lowest BCUT2D eigenvalue weighted by molar-refractivity contribution is -0.122. The lowest BCUT2D eigenvalue weighted by atomic mass is 9.99. The first kappa shape index (κ1) is 15.3. The van der Waals surface area contributed by atoms with Crippen LogP contribution in [0, 0.1) is 5.92 Å². The van der Waals surface area contributed by atoms with Gasteiger partial charge in [0.1, 0.15) is 5.82 Å². The van der Waals surface area contributed by atoms with E-state index in [4.69, 9.17) is 4.74 Å². The van der Waals surface area contributed by atoms with Crippen LogP contribution in [0.15, 0.2) is 18.3 Å². The molecule has 1 aromatic heterocycles. The van der Waals surface area contributed by atoms with E-state index in [2.05, 4.69) is 21.3 Å². The minimum Gasteiger partial charge on any atom is -0.381 e. The van der Waals surface area contributed by atoms with E-state index in [0.717, 1.165) is 31.6 Å². The van der Waals surface area contributed by atoms with E-state index in [1.54, 1.807) is 0 Å². The Morgan fingerprint density at radius 3 is 2.50 bits per heavy atom. The zero-order valence-electron chi connectivity index (χ0n) is 13.1. The van der Waals surface area contributed by atoms with Gasteiger partial charge in [-0.1, -0.05) is 12.8 Å². The predicted molar refractivity (Wildman–Crippen MR) is 87.1 cm³/mol. The molecule has 2 fully saturated rings. The number of pyridine rings is 1. The van der Waals surface area contributed by atoms with Crippen molar-refractivity contribution in [1.29, 1.82) is 0 Å². The van der Waals surface area contributed by atoms with Gasteiger partial charge in [-0.15, -0.1) is 0 Å². The number of carbonyl (C=O) groups excluding carboxylic acids is 1. The molecule has 0 saturated carbocycles. The fraction of sp³-hybridized carbons (Fsp3) is 0.647. The lowest BCUT2D eigenvalue weighted by Crippen LogP contribution is -2.29. The van der Waals surface area contributed by atoms with Gasteiger partial charge in [-0.2, -0.15) is 0 Å². The summed E-state index contributed by atoms with van der Waals surface area (Å²) in [6, 6.07) is 3.98. The lowest BCUT2D eigenvalue weighted by Gasteiger charge is -2.23. The number of anilines is 2. The Bertz CT molecular complexity index is 475. The third-order valence-electron chi connectivity index (χ3n) is 4.56. The maximum Gasteiger partial charge on any atom is 0.228 e. The SMILES string of the molecule is O=C(Nc1ccc(N2CCCCCC2)cn1)C1CCOCC1. The second kappa shape index (κ2) is 7.58. The third-order valence-corrected chi connectivity index (χ3v) is 4.56. The largest absolute Gasteiger partial charge is 0.381 e. The van der Waals surface area contributed by atoms with Crippen LogP contribution in [-0.4, -0.2) is 37.2 Å². The highest BCUT2D eigenvalue weighted by molar-refractivity contribution is 5.91. The highest BCUT2D eigenvalue weighted by atomic mass is 16.5. The molecular formula is C17H25N3O2. The van der Waals surface area contributed by atoms with E-state index in [9.17, 15) is 4.79 Å². The summed E-state index contributed by atoms with van der Waals surface area (Å²) in [7, 11) is 0. The molecule has 3 heterocycles. The van der Waals surface area contributed by atoms with Crippen molar-refractivity contribution in [1.82, 2.24) is 4.98 Å². The van der Waals surface area contributed by atoms with Crippen LogP contribution in [0.25, 0.3) is 0 Å². The third kappa shape index (κ3) is 3.97. The van der Waals surface area contributed by atoms with Gasteiger partial charge in [0.25, 0.3) is 0 Å². The minimum absolute atomic E-state index is 0.0563. The normalized spacial score (nSPS) is 20.5. The molecule has 3 rings (SSSR count). The summed E-state index contributed by atoms with van der Waals surface area (Å²) in [4.78, 5) is 19.0. The summed E-state index contributed by atoms with van der Waals surface area (Å²) >= 11 is 0. The highest BCUT2D eigenvalue weighted by Crippen LogP contribution is 2.21. The zero-order valence-corrected chi connectivity index (χ0v) is 13.1. The van der Waals surface area contributed by atoms with E-state index < -0.39 is 0 Å². The topological polar surface area (TPSA) is 54.5 Å². The summed E-state index contributed by atoms with van der Waals surface area (Å²) in [6.07, 6.45) is 8.64. The summed E-state index contributed by atoms with van der Waals surface area (Å²) in [5.74, 6) is 0.772. The average Bonchev–Trinajstić information content (AvgIpc) is 2.86. The van der Waals surface area contributed by atoms with Gasteiger partial charge < -0.3 is 15.0 Å². The zero-order chi connectivity index (χ0) is 15.2. The first-order chi connectivity index (χ1) is 10.8. The van der Waals surface area contributed by atoms with Crippen LogP contribution in [0.1, 0.15) is 38.5 Å². The molecule has 1 amide bonds.